The quantitative estimate of drug-likeness (QED) is 0.852. The van der Waals surface area contributed by atoms with Gasteiger partial charge >= 0.3 is 0 Å². The Labute approximate surface area is 120 Å². The molecule has 1 unspecified atom stereocenters. The Bertz CT molecular complexity index is 197. The van der Waals surface area contributed by atoms with Gasteiger partial charge in [0.15, 0.2) is 5.78 Å². The van der Waals surface area contributed by atoms with Crippen LogP contribution in [0, 0.1) is 5.92 Å². The molecule has 3 nitrogen and oxygen atoms in total. The molecule has 1 saturated heterocycles. The lowest BCUT2D eigenvalue weighted by Gasteiger charge is -2.23. The second kappa shape index (κ2) is 14.0. The molecule has 0 aliphatic carbocycles. The average Bonchev–Trinajstić information content (AvgIpc) is 2.71. The minimum absolute atomic E-state index is 0.0620. The number of likely N-dealkylation sites (tertiary alicyclic amines) is 1. The first-order valence-electron chi connectivity index (χ1n) is 8.13. The Kier molecular flexibility index (Phi) is 15.4. The molecule has 1 aliphatic heterocycles. The van der Waals surface area contributed by atoms with Crippen molar-refractivity contribution in [2.45, 2.75) is 73.3 Å². The molecule has 1 aliphatic rings. The highest BCUT2D eigenvalue weighted by Crippen LogP contribution is 2.10. The molecular formula is C16H36N2O. The lowest BCUT2D eigenvalue weighted by Crippen LogP contribution is -2.44. The molecule has 2 N–H and O–H groups in total. The summed E-state index contributed by atoms with van der Waals surface area (Å²) in [5.74, 6) is 0.256. The fraction of sp³-hybridized carbons (Fsp3) is 0.938. The number of hydrogen-bond acceptors (Lipinski definition) is 3. The summed E-state index contributed by atoms with van der Waals surface area (Å²) < 4.78 is 0. The SMILES string of the molecule is CC.CC.CC(C)C(=O)C(N)CN1CCCCCC1. The minimum Gasteiger partial charge on any atom is -0.320 e. The minimum atomic E-state index is -0.289. The van der Waals surface area contributed by atoms with Crippen molar-refractivity contribution in [3.8, 4) is 0 Å². The van der Waals surface area contributed by atoms with Gasteiger partial charge in [0.05, 0.1) is 6.04 Å². The van der Waals surface area contributed by atoms with Gasteiger partial charge in [0, 0.05) is 12.5 Å². The molecule has 19 heavy (non-hydrogen) atoms. The third-order valence-corrected chi connectivity index (χ3v) is 3.09. The summed E-state index contributed by atoms with van der Waals surface area (Å²) >= 11 is 0. The summed E-state index contributed by atoms with van der Waals surface area (Å²) in [7, 11) is 0. The molecular weight excluding hydrogens is 236 g/mol. The van der Waals surface area contributed by atoms with Gasteiger partial charge in [0.1, 0.15) is 0 Å². The number of nitrogens with two attached hydrogens (primary N) is 1. The van der Waals surface area contributed by atoms with Gasteiger partial charge in [0.2, 0.25) is 0 Å². The molecule has 1 heterocycles. The monoisotopic (exact) mass is 272 g/mol. The highest BCUT2D eigenvalue weighted by molar-refractivity contribution is 5.85. The third-order valence-electron chi connectivity index (χ3n) is 3.09. The molecule has 0 aromatic heterocycles. The average molecular weight is 272 g/mol. The Morgan fingerprint density at radius 3 is 1.79 bits per heavy atom. The predicted octanol–water partition coefficient (Wildman–Crippen LogP) is 3.47. The molecule has 0 bridgehead atoms. The van der Waals surface area contributed by atoms with E-state index in [1.54, 1.807) is 0 Å². The van der Waals surface area contributed by atoms with E-state index >= 15 is 0 Å². The predicted molar refractivity (Wildman–Crippen MR) is 85.4 cm³/mol. The van der Waals surface area contributed by atoms with Crippen LogP contribution < -0.4 is 5.73 Å². The first-order valence-corrected chi connectivity index (χ1v) is 8.13. The van der Waals surface area contributed by atoms with Gasteiger partial charge in [-0.05, 0) is 25.9 Å². The van der Waals surface area contributed by atoms with Crippen molar-refractivity contribution in [1.82, 2.24) is 4.90 Å². The maximum atomic E-state index is 11.7. The van der Waals surface area contributed by atoms with Crippen LogP contribution in [0.25, 0.3) is 0 Å². The lowest BCUT2D eigenvalue weighted by atomic mass is 10.0. The zero-order valence-corrected chi connectivity index (χ0v) is 14.0. The van der Waals surface area contributed by atoms with Crippen molar-refractivity contribution < 1.29 is 4.79 Å². The van der Waals surface area contributed by atoms with Gasteiger partial charge in [-0.15, -0.1) is 0 Å². The number of hydrogen-bond donors (Lipinski definition) is 1. The summed E-state index contributed by atoms with van der Waals surface area (Å²) in [6, 6.07) is -0.289. The second-order valence-corrected chi connectivity index (χ2v) is 4.88. The van der Waals surface area contributed by atoms with Crippen LogP contribution in [0.1, 0.15) is 67.2 Å². The van der Waals surface area contributed by atoms with Gasteiger partial charge in [-0.1, -0.05) is 54.4 Å². The van der Waals surface area contributed by atoms with Crippen LogP contribution in [0.2, 0.25) is 0 Å². The van der Waals surface area contributed by atoms with E-state index in [4.69, 9.17) is 5.73 Å². The van der Waals surface area contributed by atoms with E-state index in [1.807, 2.05) is 41.5 Å². The smallest absolute Gasteiger partial charge is 0.153 e. The molecule has 0 amide bonds. The van der Waals surface area contributed by atoms with E-state index in [-0.39, 0.29) is 17.7 Å². The Balaban J connectivity index is 0. The molecule has 0 aromatic rings. The second-order valence-electron chi connectivity index (χ2n) is 4.88. The number of Topliss-reactive ketones (excluding diaryl/α,β-unsaturated/α-hetero) is 1. The topological polar surface area (TPSA) is 46.3 Å². The number of rotatable bonds is 4. The van der Waals surface area contributed by atoms with Crippen molar-refractivity contribution in [3.05, 3.63) is 0 Å². The van der Waals surface area contributed by atoms with E-state index in [0.29, 0.717) is 0 Å². The third kappa shape index (κ3) is 10.1. The first-order chi connectivity index (χ1) is 9.11. The normalized spacial score (nSPS) is 17.5. The maximum absolute atomic E-state index is 11.7. The molecule has 1 rings (SSSR count). The first kappa shape index (κ1) is 20.9. The zero-order chi connectivity index (χ0) is 15.3. The van der Waals surface area contributed by atoms with Crippen LogP contribution in [0.3, 0.4) is 0 Å². The van der Waals surface area contributed by atoms with Gasteiger partial charge in [0.25, 0.3) is 0 Å². The van der Waals surface area contributed by atoms with Crippen molar-refractivity contribution in [3.63, 3.8) is 0 Å². The van der Waals surface area contributed by atoms with Crippen LogP contribution in [-0.2, 0) is 4.79 Å². The van der Waals surface area contributed by atoms with Crippen LogP contribution in [0.15, 0.2) is 0 Å². The van der Waals surface area contributed by atoms with Gasteiger partial charge in [-0.2, -0.15) is 0 Å². The number of carbonyl (C=O) groups is 1. The fourth-order valence-corrected chi connectivity index (χ4v) is 2.12. The molecule has 0 aromatic carbocycles. The molecule has 116 valence electrons. The van der Waals surface area contributed by atoms with Crippen molar-refractivity contribution in [2.75, 3.05) is 19.6 Å². The van der Waals surface area contributed by atoms with Gasteiger partial charge in [-0.25, -0.2) is 0 Å². The highest BCUT2D eigenvalue weighted by Gasteiger charge is 2.20. The zero-order valence-electron chi connectivity index (χ0n) is 14.0. The Hall–Kier alpha value is -0.410. The molecule has 1 fully saturated rings. The van der Waals surface area contributed by atoms with Crippen LogP contribution in [0.4, 0.5) is 0 Å². The summed E-state index contributed by atoms with van der Waals surface area (Å²) in [5, 5.41) is 0. The van der Waals surface area contributed by atoms with Crippen LogP contribution >= 0.6 is 0 Å². The van der Waals surface area contributed by atoms with Gasteiger partial charge < -0.3 is 10.6 Å². The number of ketones is 1. The molecule has 3 heteroatoms. The van der Waals surface area contributed by atoms with Crippen LogP contribution in [-0.4, -0.2) is 36.4 Å². The van der Waals surface area contributed by atoms with E-state index in [2.05, 4.69) is 4.90 Å². The summed E-state index contributed by atoms with van der Waals surface area (Å²) in [5.41, 5.74) is 5.91. The molecule has 0 spiro atoms. The standard InChI is InChI=1S/C12H24N2O.2C2H6/c1-10(2)12(15)11(13)9-14-7-5-3-4-6-8-14;2*1-2/h10-11H,3-9,13H2,1-2H3;2*1-2H3. The van der Waals surface area contributed by atoms with Crippen LogP contribution in [0.5, 0.6) is 0 Å². The van der Waals surface area contributed by atoms with E-state index < -0.39 is 0 Å². The van der Waals surface area contributed by atoms with Gasteiger partial charge in [-0.3, -0.25) is 4.79 Å². The number of nitrogens with zero attached hydrogens (tertiary/aromatic N) is 1. The van der Waals surface area contributed by atoms with Crippen molar-refractivity contribution in [2.24, 2.45) is 11.7 Å². The molecule has 1 atom stereocenters. The van der Waals surface area contributed by atoms with Crippen molar-refractivity contribution in [1.29, 1.82) is 0 Å². The Morgan fingerprint density at radius 2 is 1.42 bits per heavy atom. The maximum Gasteiger partial charge on any atom is 0.153 e. The van der Waals surface area contributed by atoms with E-state index in [1.165, 1.54) is 25.7 Å². The van der Waals surface area contributed by atoms with E-state index in [9.17, 15) is 4.79 Å². The Morgan fingerprint density at radius 1 is 1.00 bits per heavy atom. The molecule has 0 saturated carbocycles. The largest absolute Gasteiger partial charge is 0.320 e. The van der Waals surface area contributed by atoms with E-state index in [0.717, 1.165) is 19.6 Å². The number of carbonyl (C=O) groups excluding carboxylic acids is 1. The molecule has 0 radical (unpaired) electrons. The van der Waals surface area contributed by atoms with Crippen molar-refractivity contribution >= 4 is 5.78 Å². The lowest BCUT2D eigenvalue weighted by molar-refractivity contribution is -0.123. The summed E-state index contributed by atoms with van der Waals surface area (Å²) in [6.45, 7) is 14.8. The highest BCUT2D eigenvalue weighted by atomic mass is 16.1. The summed E-state index contributed by atoms with van der Waals surface area (Å²) in [6.07, 6.45) is 5.15. The fourth-order valence-electron chi connectivity index (χ4n) is 2.12. The summed E-state index contributed by atoms with van der Waals surface area (Å²) in [4.78, 5) is 14.0.